The summed E-state index contributed by atoms with van der Waals surface area (Å²) < 4.78 is 7.20. The third-order valence-corrected chi connectivity index (χ3v) is 2.24. The normalized spacial score (nSPS) is 11.0. The number of hydrogen-bond donors (Lipinski definition) is 0. The molecule has 74 valence electrons. The second-order valence-corrected chi connectivity index (χ2v) is 3.31. The SMILES string of the molecule is Cc1cc2cccc(-n3cnnn3)c2o1. The molecule has 5 nitrogen and oxygen atoms in total. The Morgan fingerprint density at radius 3 is 3.07 bits per heavy atom. The first-order chi connectivity index (χ1) is 7.34. The summed E-state index contributed by atoms with van der Waals surface area (Å²) in [7, 11) is 0. The van der Waals surface area contributed by atoms with Crippen LogP contribution in [0.3, 0.4) is 0 Å². The van der Waals surface area contributed by atoms with Gasteiger partial charge >= 0.3 is 0 Å². The summed E-state index contributed by atoms with van der Waals surface area (Å²) in [5.41, 5.74) is 1.66. The molecule has 2 heterocycles. The third-order valence-electron chi connectivity index (χ3n) is 2.24. The molecular formula is C10H8N4O. The minimum Gasteiger partial charge on any atom is -0.459 e. The van der Waals surface area contributed by atoms with Crippen molar-refractivity contribution in [1.29, 1.82) is 0 Å². The Morgan fingerprint density at radius 1 is 1.33 bits per heavy atom. The number of rotatable bonds is 1. The van der Waals surface area contributed by atoms with Gasteiger partial charge in [0.2, 0.25) is 0 Å². The van der Waals surface area contributed by atoms with Gasteiger partial charge in [0.1, 0.15) is 17.8 Å². The van der Waals surface area contributed by atoms with Crippen LogP contribution < -0.4 is 0 Å². The number of para-hydroxylation sites is 1. The zero-order chi connectivity index (χ0) is 10.3. The molecule has 0 unspecified atom stereocenters. The quantitative estimate of drug-likeness (QED) is 0.600. The van der Waals surface area contributed by atoms with E-state index in [1.807, 2.05) is 31.2 Å². The Hall–Kier alpha value is -2.17. The Morgan fingerprint density at radius 2 is 2.27 bits per heavy atom. The summed E-state index contributed by atoms with van der Waals surface area (Å²) in [6, 6.07) is 7.86. The van der Waals surface area contributed by atoms with Gasteiger partial charge < -0.3 is 4.42 Å². The number of nitrogens with zero attached hydrogens (tertiary/aromatic N) is 4. The van der Waals surface area contributed by atoms with Gasteiger partial charge in [-0.25, -0.2) is 0 Å². The minimum atomic E-state index is 0.808. The van der Waals surface area contributed by atoms with Crippen LogP contribution in [0.1, 0.15) is 5.76 Å². The van der Waals surface area contributed by atoms with E-state index >= 15 is 0 Å². The van der Waals surface area contributed by atoms with E-state index in [-0.39, 0.29) is 0 Å². The first-order valence-corrected chi connectivity index (χ1v) is 4.57. The number of hydrogen-bond acceptors (Lipinski definition) is 4. The highest BCUT2D eigenvalue weighted by Crippen LogP contribution is 2.24. The maximum Gasteiger partial charge on any atom is 0.160 e. The standard InChI is InChI=1S/C10H8N4O/c1-7-5-8-3-2-4-9(10(8)15-7)14-6-11-12-13-14/h2-6H,1H3. The highest BCUT2D eigenvalue weighted by Gasteiger charge is 2.08. The van der Waals surface area contributed by atoms with Crippen molar-refractivity contribution >= 4 is 11.0 Å². The molecule has 0 aliphatic rings. The number of aromatic nitrogens is 4. The molecule has 0 fully saturated rings. The van der Waals surface area contributed by atoms with E-state index in [0.717, 1.165) is 22.4 Å². The van der Waals surface area contributed by atoms with Crippen LogP contribution in [0.4, 0.5) is 0 Å². The average molecular weight is 200 g/mol. The summed E-state index contributed by atoms with van der Waals surface area (Å²) in [4.78, 5) is 0. The Kier molecular flexibility index (Phi) is 1.58. The first-order valence-electron chi connectivity index (χ1n) is 4.57. The van der Waals surface area contributed by atoms with E-state index in [0.29, 0.717) is 0 Å². The number of tetrazole rings is 1. The van der Waals surface area contributed by atoms with Gasteiger partial charge in [-0.1, -0.05) is 12.1 Å². The van der Waals surface area contributed by atoms with Crippen LogP contribution in [-0.4, -0.2) is 20.2 Å². The zero-order valence-electron chi connectivity index (χ0n) is 8.08. The fourth-order valence-electron chi connectivity index (χ4n) is 1.63. The van der Waals surface area contributed by atoms with Gasteiger partial charge in [-0.05, 0) is 29.5 Å². The predicted molar refractivity (Wildman–Crippen MR) is 53.7 cm³/mol. The largest absolute Gasteiger partial charge is 0.459 e. The third kappa shape index (κ3) is 1.20. The van der Waals surface area contributed by atoms with Crippen LogP contribution in [0.5, 0.6) is 0 Å². The molecule has 1 aromatic carbocycles. The molecule has 0 amide bonds. The van der Waals surface area contributed by atoms with Crippen molar-refractivity contribution in [3.63, 3.8) is 0 Å². The van der Waals surface area contributed by atoms with Crippen molar-refractivity contribution in [1.82, 2.24) is 20.2 Å². The van der Waals surface area contributed by atoms with Gasteiger partial charge in [-0.15, -0.1) is 5.10 Å². The van der Waals surface area contributed by atoms with Crippen LogP contribution in [0, 0.1) is 6.92 Å². The van der Waals surface area contributed by atoms with E-state index in [2.05, 4.69) is 15.5 Å². The second-order valence-electron chi connectivity index (χ2n) is 3.31. The number of benzene rings is 1. The Bertz CT molecular complexity index is 597. The van der Waals surface area contributed by atoms with E-state index in [4.69, 9.17) is 4.42 Å². The highest BCUT2D eigenvalue weighted by molar-refractivity contribution is 5.85. The van der Waals surface area contributed by atoms with Gasteiger partial charge in [-0.3, -0.25) is 0 Å². The molecule has 0 saturated heterocycles. The molecule has 2 aromatic heterocycles. The van der Waals surface area contributed by atoms with Crippen molar-refractivity contribution in [3.05, 3.63) is 36.4 Å². The van der Waals surface area contributed by atoms with Crippen LogP contribution in [-0.2, 0) is 0 Å². The maximum atomic E-state index is 5.61. The molecule has 0 bridgehead atoms. The highest BCUT2D eigenvalue weighted by atomic mass is 16.3. The van der Waals surface area contributed by atoms with Crippen molar-refractivity contribution in [2.45, 2.75) is 6.92 Å². The lowest BCUT2D eigenvalue weighted by Gasteiger charge is -1.98. The van der Waals surface area contributed by atoms with Crippen molar-refractivity contribution in [2.24, 2.45) is 0 Å². The number of furan rings is 1. The molecule has 15 heavy (non-hydrogen) atoms. The van der Waals surface area contributed by atoms with Crippen LogP contribution in [0.2, 0.25) is 0 Å². The van der Waals surface area contributed by atoms with Crippen molar-refractivity contribution in [3.8, 4) is 5.69 Å². The number of aryl methyl sites for hydroxylation is 1. The van der Waals surface area contributed by atoms with Crippen LogP contribution >= 0.6 is 0 Å². The first kappa shape index (κ1) is 8.16. The van der Waals surface area contributed by atoms with Gasteiger partial charge in [0.25, 0.3) is 0 Å². The van der Waals surface area contributed by atoms with E-state index in [1.165, 1.54) is 0 Å². The fourth-order valence-corrected chi connectivity index (χ4v) is 1.63. The van der Waals surface area contributed by atoms with Crippen LogP contribution in [0.25, 0.3) is 16.7 Å². The second kappa shape index (κ2) is 2.91. The molecule has 0 spiro atoms. The Labute approximate surface area is 85.3 Å². The van der Waals surface area contributed by atoms with Gasteiger partial charge in [0.05, 0.1) is 0 Å². The van der Waals surface area contributed by atoms with E-state index < -0.39 is 0 Å². The van der Waals surface area contributed by atoms with E-state index in [1.54, 1.807) is 11.0 Å². The molecule has 0 aliphatic carbocycles. The lowest BCUT2D eigenvalue weighted by Crippen LogP contribution is -1.94. The van der Waals surface area contributed by atoms with Crippen molar-refractivity contribution < 1.29 is 4.42 Å². The molecule has 0 atom stereocenters. The summed E-state index contributed by atoms with van der Waals surface area (Å²) >= 11 is 0. The van der Waals surface area contributed by atoms with Gasteiger partial charge in [0, 0.05) is 5.39 Å². The van der Waals surface area contributed by atoms with E-state index in [9.17, 15) is 0 Å². The molecule has 0 radical (unpaired) electrons. The summed E-state index contributed by atoms with van der Waals surface area (Å²) in [6.07, 6.45) is 1.55. The zero-order valence-corrected chi connectivity index (χ0v) is 8.08. The lowest BCUT2D eigenvalue weighted by molar-refractivity contribution is 0.574. The fraction of sp³-hybridized carbons (Fsp3) is 0.100. The molecule has 0 saturated carbocycles. The smallest absolute Gasteiger partial charge is 0.160 e. The molecule has 3 rings (SSSR count). The topological polar surface area (TPSA) is 56.7 Å². The molecular weight excluding hydrogens is 192 g/mol. The molecule has 0 aliphatic heterocycles. The average Bonchev–Trinajstić information content (AvgIpc) is 2.82. The lowest BCUT2D eigenvalue weighted by atomic mass is 10.2. The monoisotopic (exact) mass is 200 g/mol. The summed E-state index contributed by atoms with van der Waals surface area (Å²) in [6.45, 7) is 1.92. The maximum absolute atomic E-state index is 5.61. The van der Waals surface area contributed by atoms with Gasteiger partial charge in [-0.2, -0.15) is 4.68 Å². The van der Waals surface area contributed by atoms with Crippen molar-refractivity contribution in [2.75, 3.05) is 0 Å². The summed E-state index contributed by atoms with van der Waals surface area (Å²) in [5.74, 6) is 0.880. The minimum absolute atomic E-state index is 0.808. The molecule has 3 aromatic rings. The van der Waals surface area contributed by atoms with Gasteiger partial charge in [0.15, 0.2) is 5.58 Å². The number of fused-ring (bicyclic) bond motifs is 1. The molecule has 0 N–H and O–H groups in total. The predicted octanol–water partition coefficient (Wildman–Crippen LogP) is 1.72. The summed E-state index contributed by atoms with van der Waals surface area (Å²) in [5, 5.41) is 12.1. The Balaban J connectivity index is 2.35. The molecule has 5 heteroatoms. The van der Waals surface area contributed by atoms with Crippen LogP contribution in [0.15, 0.2) is 35.0 Å².